The average molecular weight is 290 g/mol. The largest absolute Gasteiger partial charge is 0.497 e. The Bertz CT molecular complexity index is 619. The van der Waals surface area contributed by atoms with E-state index in [4.69, 9.17) is 14.2 Å². The molecule has 0 aliphatic heterocycles. The van der Waals surface area contributed by atoms with Crippen molar-refractivity contribution in [2.45, 2.75) is 6.92 Å². The van der Waals surface area contributed by atoms with Crippen molar-refractivity contribution < 1.29 is 14.2 Å². The van der Waals surface area contributed by atoms with E-state index in [2.05, 4.69) is 20.3 Å². The molecule has 2 rings (SSSR count). The van der Waals surface area contributed by atoms with Gasteiger partial charge in [-0.3, -0.25) is 0 Å². The van der Waals surface area contributed by atoms with Crippen LogP contribution in [0.15, 0.2) is 18.2 Å². The van der Waals surface area contributed by atoms with Crippen LogP contribution in [0.1, 0.15) is 6.92 Å². The number of benzene rings is 1. The van der Waals surface area contributed by atoms with E-state index in [1.165, 1.54) is 7.11 Å². The number of methoxy groups -OCH3 is 3. The summed E-state index contributed by atoms with van der Waals surface area (Å²) in [5.74, 6) is 2.24. The fourth-order valence-electron chi connectivity index (χ4n) is 1.79. The number of hydrogen-bond donors (Lipinski definition) is 1. The van der Waals surface area contributed by atoms with Gasteiger partial charge in [0.1, 0.15) is 11.5 Å². The smallest absolute Gasteiger partial charge is 0.321 e. The molecule has 1 aromatic heterocycles. The van der Waals surface area contributed by atoms with Gasteiger partial charge in [-0.15, -0.1) is 0 Å². The van der Waals surface area contributed by atoms with Gasteiger partial charge in [0.15, 0.2) is 5.82 Å². The highest BCUT2D eigenvalue weighted by atomic mass is 16.5. The molecule has 0 saturated heterocycles. The third-order valence-corrected chi connectivity index (χ3v) is 2.78. The van der Waals surface area contributed by atoms with E-state index in [-0.39, 0.29) is 6.01 Å². The van der Waals surface area contributed by atoms with Gasteiger partial charge >= 0.3 is 6.01 Å². The first-order valence-electron chi connectivity index (χ1n) is 6.48. The third-order valence-electron chi connectivity index (χ3n) is 2.78. The molecule has 21 heavy (non-hydrogen) atoms. The molecule has 0 aliphatic carbocycles. The molecule has 0 amide bonds. The quantitative estimate of drug-likeness (QED) is 0.871. The van der Waals surface area contributed by atoms with Crippen molar-refractivity contribution in [2.75, 3.05) is 33.2 Å². The van der Waals surface area contributed by atoms with Crippen LogP contribution in [0, 0.1) is 0 Å². The van der Waals surface area contributed by atoms with E-state index in [1.54, 1.807) is 20.3 Å². The van der Waals surface area contributed by atoms with Crippen LogP contribution in [0.2, 0.25) is 0 Å². The number of rotatable bonds is 6. The van der Waals surface area contributed by atoms with Crippen LogP contribution in [0.25, 0.3) is 11.4 Å². The van der Waals surface area contributed by atoms with Crippen molar-refractivity contribution in [3.63, 3.8) is 0 Å². The molecule has 0 spiro atoms. The number of nitrogens with zero attached hydrogens (tertiary/aromatic N) is 3. The number of anilines is 1. The maximum absolute atomic E-state index is 5.36. The van der Waals surface area contributed by atoms with Crippen molar-refractivity contribution in [3.05, 3.63) is 18.2 Å². The zero-order chi connectivity index (χ0) is 15.2. The van der Waals surface area contributed by atoms with E-state index < -0.39 is 0 Å². The maximum Gasteiger partial charge on any atom is 0.321 e. The van der Waals surface area contributed by atoms with Gasteiger partial charge in [0.25, 0.3) is 0 Å². The molecule has 0 unspecified atom stereocenters. The lowest BCUT2D eigenvalue weighted by Gasteiger charge is -2.11. The Labute approximate surface area is 123 Å². The molecule has 0 aliphatic rings. The first-order valence-corrected chi connectivity index (χ1v) is 6.48. The third kappa shape index (κ3) is 3.31. The van der Waals surface area contributed by atoms with Gasteiger partial charge < -0.3 is 19.5 Å². The van der Waals surface area contributed by atoms with E-state index >= 15 is 0 Å². The molecule has 0 radical (unpaired) electrons. The topological polar surface area (TPSA) is 78.4 Å². The fourth-order valence-corrected chi connectivity index (χ4v) is 1.79. The summed E-state index contributed by atoms with van der Waals surface area (Å²) in [6.07, 6.45) is 0. The van der Waals surface area contributed by atoms with E-state index in [0.29, 0.717) is 35.4 Å². The highest BCUT2D eigenvalue weighted by molar-refractivity contribution is 5.67. The predicted octanol–water partition coefficient (Wildman–Crippen LogP) is 2.00. The van der Waals surface area contributed by atoms with Gasteiger partial charge in [-0.05, 0) is 25.1 Å². The normalized spacial score (nSPS) is 10.1. The number of nitrogens with one attached hydrogen (secondary N) is 1. The Kier molecular flexibility index (Phi) is 4.76. The molecule has 1 aromatic carbocycles. The number of aromatic nitrogens is 3. The Hall–Kier alpha value is -2.57. The Morgan fingerprint density at radius 1 is 1.00 bits per heavy atom. The molecule has 0 bridgehead atoms. The lowest BCUT2D eigenvalue weighted by atomic mass is 10.1. The Morgan fingerprint density at radius 3 is 2.43 bits per heavy atom. The van der Waals surface area contributed by atoms with Crippen LogP contribution in [-0.4, -0.2) is 42.8 Å². The van der Waals surface area contributed by atoms with Crippen LogP contribution in [0.3, 0.4) is 0 Å². The second-order valence-corrected chi connectivity index (χ2v) is 4.07. The summed E-state index contributed by atoms with van der Waals surface area (Å²) in [6.45, 7) is 2.66. The van der Waals surface area contributed by atoms with E-state index in [9.17, 15) is 0 Å². The summed E-state index contributed by atoms with van der Waals surface area (Å²) in [6, 6.07) is 5.66. The molecule has 1 heterocycles. The summed E-state index contributed by atoms with van der Waals surface area (Å²) in [7, 11) is 4.70. The Morgan fingerprint density at radius 2 is 1.81 bits per heavy atom. The molecular formula is C14H18N4O3. The second kappa shape index (κ2) is 6.74. The summed E-state index contributed by atoms with van der Waals surface area (Å²) in [5, 5.41) is 3.04. The van der Waals surface area contributed by atoms with Gasteiger partial charge in [0, 0.05) is 6.54 Å². The molecule has 112 valence electrons. The summed E-state index contributed by atoms with van der Waals surface area (Å²) in [5.41, 5.74) is 0.705. The van der Waals surface area contributed by atoms with Crippen LogP contribution < -0.4 is 19.5 Å². The lowest BCUT2D eigenvalue weighted by molar-refractivity contribution is 0.379. The molecule has 1 N–H and O–H groups in total. The zero-order valence-corrected chi connectivity index (χ0v) is 12.5. The molecule has 0 fully saturated rings. The predicted molar refractivity (Wildman–Crippen MR) is 79.1 cm³/mol. The maximum atomic E-state index is 5.36. The van der Waals surface area contributed by atoms with Crippen LogP contribution in [-0.2, 0) is 0 Å². The van der Waals surface area contributed by atoms with Gasteiger partial charge in [0.2, 0.25) is 5.95 Å². The average Bonchev–Trinajstić information content (AvgIpc) is 2.54. The molecule has 0 atom stereocenters. The summed E-state index contributed by atoms with van der Waals surface area (Å²) < 4.78 is 15.7. The van der Waals surface area contributed by atoms with Crippen molar-refractivity contribution in [1.82, 2.24) is 15.0 Å². The standard InChI is InChI=1S/C14H18N4O3/c1-5-15-13-16-12(17-14(18-13)21-4)10-8-9(19-2)6-7-11(10)20-3/h6-8H,5H2,1-4H3,(H,15,16,17,18). The van der Waals surface area contributed by atoms with Crippen molar-refractivity contribution in [2.24, 2.45) is 0 Å². The molecular weight excluding hydrogens is 272 g/mol. The summed E-state index contributed by atoms with van der Waals surface area (Å²) in [4.78, 5) is 12.8. The highest BCUT2D eigenvalue weighted by Crippen LogP contribution is 2.32. The van der Waals surface area contributed by atoms with Crippen LogP contribution in [0.5, 0.6) is 17.5 Å². The van der Waals surface area contributed by atoms with Gasteiger partial charge in [-0.2, -0.15) is 15.0 Å². The van der Waals surface area contributed by atoms with Gasteiger partial charge in [0.05, 0.1) is 26.9 Å². The fraction of sp³-hybridized carbons (Fsp3) is 0.357. The monoisotopic (exact) mass is 290 g/mol. The highest BCUT2D eigenvalue weighted by Gasteiger charge is 2.14. The first kappa shape index (κ1) is 14.8. The minimum Gasteiger partial charge on any atom is -0.497 e. The first-order chi connectivity index (χ1) is 10.2. The minimum atomic E-state index is 0.237. The number of hydrogen-bond acceptors (Lipinski definition) is 7. The molecule has 0 saturated carbocycles. The second-order valence-electron chi connectivity index (χ2n) is 4.07. The SMILES string of the molecule is CCNc1nc(OC)nc(-c2cc(OC)ccc2OC)n1. The number of ether oxygens (including phenoxy) is 3. The summed E-state index contributed by atoms with van der Waals surface area (Å²) >= 11 is 0. The van der Waals surface area contributed by atoms with Gasteiger partial charge in [-0.25, -0.2) is 0 Å². The zero-order valence-electron chi connectivity index (χ0n) is 12.5. The van der Waals surface area contributed by atoms with Crippen molar-refractivity contribution >= 4 is 5.95 Å². The lowest BCUT2D eigenvalue weighted by Crippen LogP contribution is -2.06. The molecule has 7 heteroatoms. The van der Waals surface area contributed by atoms with Crippen LogP contribution in [0.4, 0.5) is 5.95 Å². The van der Waals surface area contributed by atoms with E-state index in [0.717, 1.165) is 0 Å². The van der Waals surface area contributed by atoms with E-state index in [1.807, 2.05) is 19.1 Å². The molecule has 7 nitrogen and oxygen atoms in total. The Balaban J connectivity index is 2.56. The van der Waals surface area contributed by atoms with Crippen molar-refractivity contribution in [1.29, 1.82) is 0 Å². The van der Waals surface area contributed by atoms with Crippen molar-refractivity contribution in [3.8, 4) is 28.9 Å². The van der Waals surface area contributed by atoms with Crippen LogP contribution >= 0.6 is 0 Å². The minimum absolute atomic E-state index is 0.237. The van der Waals surface area contributed by atoms with Gasteiger partial charge in [-0.1, -0.05) is 0 Å². The molecule has 2 aromatic rings.